The van der Waals surface area contributed by atoms with Crippen LogP contribution in [0.25, 0.3) is 22.2 Å². The summed E-state index contributed by atoms with van der Waals surface area (Å²) in [7, 11) is 0. The van der Waals surface area contributed by atoms with Crippen molar-refractivity contribution in [1.29, 1.82) is 0 Å². The fourth-order valence-corrected chi connectivity index (χ4v) is 4.67. The molecule has 1 aliphatic rings. The molecule has 4 heterocycles. The van der Waals surface area contributed by atoms with E-state index in [-0.39, 0.29) is 29.7 Å². The average Bonchev–Trinajstić information content (AvgIpc) is 3.52. The highest BCUT2D eigenvalue weighted by Crippen LogP contribution is 2.36. The van der Waals surface area contributed by atoms with Gasteiger partial charge in [-0.3, -0.25) is 9.89 Å². The molecule has 10 heteroatoms. The zero-order valence-electron chi connectivity index (χ0n) is 21.5. The van der Waals surface area contributed by atoms with E-state index in [1.807, 2.05) is 32.9 Å². The van der Waals surface area contributed by atoms with Gasteiger partial charge in [0.25, 0.3) is 5.91 Å². The number of pyridine rings is 1. The first kappa shape index (κ1) is 24.9. The first-order chi connectivity index (χ1) is 17.6. The predicted octanol–water partition coefficient (Wildman–Crippen LogP) is 4.30. The highest BCUT2D eigenvalue weighted by molar-refractivity contribution is 6.00. The van der Waals surface area contributed by atoms with E-state index in [0.717, 1.165) is 29.6 Å². The third kappa shape index (κ3) is 4.93. The van der Waals surface area contributed by atoms with Crippen molar-refractivity contribution < 1.29 is 13.7 Å². The van der Waals surface area contributed by atoms with Gasteiger partial charge in [-0.25, -0.2) is 9.37 Å². The SMILES string of the molecule is C[C@H]1CC[C@@H](N)CN1c1n[nH]c2nccc(-c3ccc(CNC(=O)c4cc(C(C)(C)C)on4)c(F)c3)c12. The van der Waals surface area contributed by atoms with Crippen molar-refractivity contribution in [3.63, 3.8) is 0 Å². The van der Waals surface area contributed by atoms with E-state index < -0.39 is 11.7 Å². The molecule has 4 aromatic rings. The van der Waals surface area contributed by atoms with Crippen molar-refractivity contribution in [2.24, 2.45) is 5.73 Å². The number of H-pyrrole nitrogens is 1. The first-order valence-corrected chi connectivity index (χ1v) is 12.5. The average molecular weight is 506 g/mol. The summed E-state index contributed by atoms with van der Waals surface area (Å²) in [5.41, 5.74) is 8.67. The molecule has 0 unspecified atom stereocenters. The van der Waals surface area contributed by atoms with Gasteiger partial charge < -0.3 is 20.5 Å². The summed E-state index contributed by atoms with van der Waals surface area (Å²) >= 11 is 0. The van der Waals surface area contributed by atoms with Crippen LogP contribution in [0.2, 0.25) is 0 Å². The second-order valence-corrected chi connectivity index (χ2v) is 10.8. The number of nitrogens with two attached hydrogens (primary N) is 1. The fraction of sp³-hybridized carbons (Fsp3) is 0.407. The maximum Gasteiger partial charge on any atom is 0.273 e. The number of aromatic amines is 1. The van der Waals surface area contributed by atoms with Gasteiger partial charge in [0, 0.05) is 48.4 Å². The van der Waals surface area contributed by atoms with E-state index in [2.05, 4.69) is 37.5 Å². The lowest BCUT2D eigenvalue weighted by Crippen LogP contribution is -2.47. The van der Waals surface area contributed by atoms with Crippen LogP contribution in [0.3, 0.4) is 0 Å². The van der Waals surface area contributed by atoms with Crippen LogP contribution < -0.4 is 16.0 Å². The molecule has 1 aromatic carbocycles. The Morgan fingerprint density at radius 1 is 1.27 bits per heavy atom. The van der Waals surface area contributed by atoms with E-state index in [1.165, 1.54) is 6.07 Å². The van der Waals surface area contributed by atoms with Crippen molar-refractivity contribution in [3.05, 3.63) is 59.4 Å². The van der Waals surface area contributed by atoms with Gasteiger partial charge in [0.05, 0.1) is 5.39 Å². The van der Waals surface area contributed by atoms with E-state index in [4.69, 9.17) is 10.3 Å². The van der Waals surface area contributed by atoms with Crippen LogP contribution in [-0.2, 0) is 12.0 Å². The fourth-order valence-electron chi connectivity index (χ4n) is 4.67. The van der Waals surface area contributed by atoms with Gasteiger partial charge in [0.15, 0.2) is 17.2 Å². The van der Waals surface area contributed by atoms with Crippen LogP contribution in [0.5, 0.6) is 0 Å². The summed E-state index contributed by atoms with van der Waals surface area (Å²) < 4.78 is 20.5. The number of hydrogen-bond donors (Lipinski definition) is 3. The number of carbonyl (C=O) groups excluding carboxylic acids is 1. The molecule has 3 aromatic heterocycles. The zero-order valence-corrected chi connectivity index (χ0v) is 21.5. The van der Waals surface area contributed by atoms with Crippen LogP contribution >= 0.6 is 0 Å². The van der Waals surface area contributed by atoms with Gasteiger partial charge in [-0.05, 0) is 43.0 Å². The van der Waals surface area contributed by atoms with Crippen LogP contribution in [0, 0.1) is 5.82 Å². The van der Waals surface area contributed by atoms with Crippen LogP contribution in [-0.4, -0.2) is 44.9 Å². The summed E-state index contributed by atoms with van der Waals surface area (Å²) in [5.74, 6) is 0.545. The lowest BCUT2D eigenvalue weighted by Gasteiger charge is -2.37. The number of anilines is 1. The summed E-state index contributed by atoms with van der Waals surface area (Å²) in [4.78, 5) is 19.2. The largest absolute Gasteiger partial charge is 0.360 e. The number of halogens is 1. The molecule has 0 bridgehead atoms. The van der Waals surface area contributed by atoms with Gasteiger partial charge in [-0.2, -0.15) is 5.10 Å². The molecule has 9 nitrogen and oxygen atoms in total. The number of aromatic nitrogens is 4. The summed E-state index contributed by atoms with van der Waals surface area (Å²) in [6.07, 6.45) is 3.63. The molecule has 0 radical (unpaired) electrons. The Labute approximate surface area is 214 Å². The quantitative estimate of drug-likeness (QED) is 0.369. The lowest BCUT2D eigenvalue weighted by molar-refractivity contribution is 0.0941. The van der Waals surface area contributed by atoms with Crippen LogP contribution in [0.1, 0.15) is 62.3 Å². The summed E-state index contributed by atoms with van der Waals surface area (Å²) in [6.45, 7) is 8.79. The first-order valence-electron chi connectivity index (χ1n) is 12.5. The Bertz CT molecular complexity index is 1440. The maximum absolute atomic E-state index is 15.2. The van der Waals surface area contributed by atoms with Crippen molar-refractivity contribution in [1.82, 2.24) is 25.7 Å². The molecule has 0 spiro atoms. The lowest BCUT2D eigenvalue weighted by atomic mass is 9.93. The molecule has 1 amide bonds. The molecule has 194 valence electrons. The molecular formula is C27H32FN7O2. The minimum Gasteiger partial charge on any atom is -0.360 e. The summed E-state index contributed by atoms with van der Waals surface area (Å²) in [5, 5.41) is 15.0. The monoisotopic (exact) mass is 505 g/mol. The van der Waals surface area contributed by atoms with Gasteiger partial charge in [0.1, 0.15) is 11.6 Å². The molecule has 1 aliphatic heterocycles. The van der Waals surface area contributed by atoms with Crippen molar-refractivity contribution in [3.8, 4) is 11.1 Å². The van der Waals surface area contributed by atoms with E-state index in [9.17, 15) is 4.79 Å². The normalized spacial score (nSPS) is 18.4. The van der Waals surface area contributed by atoms with Crippen molar-refractivity contribution in [2.45, 2.75) is 64.6 Å². The molecule has 1 fully saturated rings. The van der Waals surface area contributed by atoms with Crippen LogP contribution in [0.4, 0.5) is 10.2 Å². The molecule has 4 N–H and O–H groups in total. The minimum atomic E-state index is -0.421. The number of rotatable bonds is 5. The van der Waals surface area contributed by atoms with Gasteiger partial charge >= 0.3 is 0 Å². The molecule has 1 saturated heterocycles. The predicted molar refractivity (Wildman–Crippen MR) is 140 cm³/mol. The van der Waals surface area contributed by atoms with E-state index >= 15 is 4.39 Å². The topological polar surface area (TPSA) is 126 Å². The Balaban J connectivity index is 1.38. The standard InChI is InChI=1S/C27H32FN7O2/c1-15-5-8-18(29)14-35(15)25-23-19(9-10-30-24(23)32-33-25)16-6-7-17(20(28)11-16)13-31-26(36)21-12-22(37-34-21)27(2,3)4/h6-7,9-12,15,18H,5,8,13-14,29H2,1-4H3,(H,31,36)(H,30,32,33)/t15-,18+/m0/s1. The third-order valence-electron chi connectivity index (χ3n) is 6.92. The number of carbonyl (C=O) groups is 1. The third-order valence-corrected chi connectivity index (χ3v) is 6.92. The minimum absolute atomic E-state index is 0.0224. The molecule has 5 rings (SSSR count). The second-order valence-electron chi connectivity index (χ2n) is 10.8. The van der Waals surface area contributed by atoms with Crippen molar-refractivity contribution in [2.75, 3.05) is 11.4 Å². The number of hydrogen-bond acceptors (Lipinski definition) is 7. The van der Waals surface area contributed by atoms with E-state index in [1.54, 1.807) is 18.3 Å². The molecule has 2 atom stereocenters. The van der Waals surface area contributed by atoms with E-state index in [0.29, 0.717) is 29.1 Å². The number of amides is 1. The molecule has 0 aliphatic carbocycles. The smallest absolute Gasteiger partial charge is 0.273 e. The number of benzene rings is 1. The number of nitrogens with one attached hydrogen (secondary N) is 2. The number of piperidine rings is 1. The number of nitrogens with zero attached hydrogens (tertiary/aromatic N) is 4. The molecule has 0 saturated carbocycles. The zero-order chi connectivity index (χ0) is 26.3. The summed E-state index contributed by atoms with van der Waals surface area (Å²) in [6, 6.07) is 8.84. The maximum atomic E-state index is 15.2. The second kappa shape index (κ2) is 9.59. The molecule has 37 heavy (non-hydrogen) atoms. The highest BCUT2D eigenvalue weighted by atomic mass is 19.1. The number of fused-ring (bicyclic) bond motifs is 1. The van der Waals surface area contributed by atoms with Crippen molar-refractivity contribution >= 4 is 22.8 Å². The van der Waals surface area contributed by atoms with Crippen LogP contribution in [0.15, 0.2) is 41.1 Å². The highest BCUT2D eigenvalue weighted by Gasteiger charge is 2.28. The Kier molecular flexibility index (Phi) is 6.45. The molecular weight excluding hydrogens is 473 g/mol. The Morgan fingerprint density at radius 2 is 2.08 bits per heavy atom. The van der Waals surface area contributed by atoms with Gasteiger partial charge in [-0.15, -0.1) is 0 Å². The Hall–Kier alpha value is -3.79. The van der Waals surface area contributed by atoms with Gasteiger partial charge in [0.2, 0.25) is 0 Å². The van der Waals surface area contributed by atoms with Gasteiger partial charge in [-0.1, -0.05) is 38.1 Å². The Morgan fingerprint density at radius 3 is 2.81 bits per heavy atom.